The van der Waals surface area contributed by atoms with Crippen molar-refractivity contribution in [2.24, 2.45) is 0 Å². The summed E-state index contributed by atoms with van der Waals surface area (Å²) in [6, 6.07) is 15.0. The molecule has 3 N–H and O–H groups in total. The Kier molecular flexibility index (Phi) is 7.33. The largest absolute Gasteiger partial charge is 0.454 e. The molecule has 188 valence electrons. The van der Waals surface area contributed by atoms with Gasteiger partial charge in [-0.25, -0.2) is 4.79 Å². The highest BCUT2D eigenvalue weighted by molar-refractivity contribution is 6.09. The van der Waals surface area contributed by atoms with Crippen molar-refractivity contribution < 1.29 is 28.7 Å². The lowest BCUT2D eigenvalue weighted by Gasteiger charge is -2.19. The zero-order chi connectivity index (χ0) is 25.7. The summed E-state index contributed by atoms with van der Waals surface area (Å²) in [7, 11) is 0. The van der Waals surface area contributed by atoms with Crippen LogP contribution in [0.15, 0.2) is 54.6 Å². The predicted molar refractivity (Wildman–Crippen MR) is 130 cm³/mol. The van der Waals surface area contributed by atoms with E-state index in [1.165, 1.54) is 0 Å². The number of carbonyl (C=O) groups is 5. The molecular weight excluding hydrogens is 464 g/mol. The first kappa shape index (κ1) is 24.9. The fourth-order valence-corrected chi connectivity index (χ4v) is 4.53. The first-order valence-electron chi connectivity index (χ1n) is 11.8. The van der Waals surface area contributed by atoms with Crippen LogP contribution in [0, 0.1) is 0 Å². The maximum Gasteiger partial charge on any atom is 0.326 e. The molecule has 0 radical (unpaired) electrons. The van der Waals surface area contributed by atoms with Gasteiger partial charge in [0, 0.05) is 0 Å². The van der Waals surface area contributed by atoms with Crippen LogP contribution < -0.4 is 16.0 Å². The number of carbonyl (C=O) groups excluding carboxylic acids is 5. The van der Waals surface area contributed by atoms with E-state index in [-0.39, 0.29) is 23.2 Å². The van der Waals surface area contributed by atoms with Crippen molar-refractivity contribution >= 4 is 35.4 Å². The maximum absolute atomic E-state index is 12.8. The molecule has 10 heteroatoms. The molecule has 36 heavy (non-hydrogen) atoms. The number of ether oxygens (including phenoxy) is 1. The van der Waals surface area contributed by atoms with Crippen molar-refractivity contribution in [2.45, 2.75) is 44.2 Å². The average molecular weight is 493 g/mol. The van der Waals surface area contributed by atoms with E-state index in [4.69, 9.17) is 4.74 Å². The number of imide groups is 1. The van der Waals surface area contributed by atoms with E-state index >= 15 is 0 Å². The number of nitrogens with one attached hydrogen (secondary N) is 3. The summed E-state index contributed by atoms with van der Waals surface area (Å²) in [6.45, 7) is 0.647. The van der Waals surface area contributed by atoms with Gasteiger partial charge < -0.3 is 20.7 Å². The fourth-order valence-electron chi connectivity index (χ4n) is 4.53. The predicted octanol–water partition coefficient (Wildman–Crippen LogP) is 2.52. The van der Waals surface area contributed by atoms with Crippen LogP contribution in [0.25, 0.3) is 0 Å². The Hall–Kier alpha value is -4.21. The van der Waals surface area contributed by atoms with E-state index in [9.17, 15) is 24.0 Å². The molecule has 1 saturated carbocycles. The van der Waals surface area contributed by atoms with Gasteiger partial charge in [-0.05, 0) is 37.5 Å². The SMILES string of the molecule is C[C@H](NC(=O)c1ccccc1NC(=O)COC(=O)CN1C(=O)NC2(CCCC2)C1=O)c1ccccc1. The van der Waals surface area contributed by atoms with Gasteiger partial charge in [0.15, 0.2) is 6.61 Å². The Bertz CT molecular complexity index is 1180. The summed E-state index contributed by atoms with van der Waals surface area (Å²) in [6.07, 6.45) is 2.75. The molecule has 2 aromatic rings. The molecule has 5 amide bonds. The van der Waals surface area contributed by atoms with Crippen LogP contribution in [0.3, 0.4) is 0 Å². The Morgan fingerprint density at radius 2 is 1.69 bits per heavy atom. The van der Waals surface area contributed by atoms with E-state index in [2.05, 4.69) is 16.0 Å². The number of esters is 1. The number of anilines is 1. The van der Waals surface area contributed by atoms with E-state index in [1.54, 1.807) is 24.3 Å². The summed E-state index contributed by atoms with van der Waals surface area (Å²) >= 11 is 0. The highest BCUT2D eigenvalue weighted by Gasteiger charge is 2.52. The smallest absolute Gasteiger partial charge is 0.326 e. The Balaban J connectivity index is 1.30. The van der Waals surface area contributed by atoms with Crippen LogP contribution in [-0.4, -0.2) is 53.3 Å². The van der Waals surface area contributed by atoms with E-state index < -0.39 is 42.5 Å². The van der Waals surface area contributed by atoms with Crippen LogP contribution in [0.5, 0.6) is 0 Å². The minimum absolute atomic E-state index is 0.251. The Morgan fingerprint density at radius 3 is 2.42 bits per heavy atom. The van der Waals surface area contributed by atoms with Gasteiger partial charge in [-0.3, -0.25) is 24.1 Å². The molecule has 2 aliphatic rings. The first-order valence-corrected chi connectivity index (χ1v) is 11.8. The number of urea groups is 1. The van der Waals surface area contributed by atoms with Gasteiger partial charge >= 0.3 is 12.0 Å². The van der Waals surface area contributed by atoms with Crippen molar-refractivity contribution in [1.82, 2.24) is 15.5 Å². The van der Waals surface area contributed by atoms with Crippen LogP contribution in [0.1, 0.15) is 54.6 Å². The summed E-state index contributed by atoms with van der Waals surface area (Å²) in [5.74, 6) is -2.36. The van der Waals surface area contributed by atoms with Gasteiger partial charge in [0.25, 0.3) is 17.7 Å². The second kappa shape index (κ2) is 10.6. The molecular formula is C26H28N4O6. The summed E-state index contributed by atoms with van der Waals surface area (Å²) in [4.78, 5) is 63.2. The number of benzene rings is 2. The molecule has 1 heterocycles. The number of hydrogen-bond donors (Lipinski definition) is 3. The van der Waals surface area contributed by atoms with Gasteiger partial charge in [0.05, 0.1) is 17.3 Å². The van der Waals surface area contributed by atoms with Crippen molar-refractivity contribution in [3.05, 3.63) is 65.7 Å². The molecule has 2 fully saturated rings. The lowest BCUT2D eigenvalue weighted by atomic mass is 9.98. The van der Waals surface area contributed by atoms with Gasteiger partial charge in [-0.2, -0.15) is 0 Å². The first-order chi connectivity index (χ1) is 17.3. The lowest BCUT2D eigenvalue weighted by Crippen LogP contribution is -2.44. The zero-order valence-electron chi connectivity index (χ0n) is 19.9. The second-order valence-corrected chi connectivity index (χ2v) is 8.97. The zero-order valence-corrected chi connectivity index (χ0v) is 19.9. The third-order valence-electron chi connectivity index (χ3n) is 6.45. The maximum atomic E-state index is 12.8. The molecule has 2 aromatic carbocycles. The molecule has 1 atom stereocenters. The number of rotatable bonds is 8. The Morgan fingerprint density at radius 1 is 1.03 bits per heavy atom. The summed E-state index contributed by atoms with van der Waals surface area (Å²) in [5, 5.41) is 8.15. The molecule has 1 aliphatic heterocycles. The topological polar surface area (TPSA) is 134 Å². The van der Waals surface area contributed by atoms with Crippen molar-refractivity contribution in [3.63, 3.8) is 0 Å². The molecule has 10 nitrogen and oxygen atoms in total. The highest BCUT2D eigenvalue weighted by Crippen LogP contribution is 2.34. The number of para-hydroxylation sites is 1. The highest BCUT2D eigenvalue weighted by atomic mass is 16.5. The van der Waals surface area contributed by atoms with Crippen LogP contribution in [0.4, 0.5) is 10.5 Å². The molecule has 4 rings (SSSR count). The van der Waals surface area contributed by atoms with Gasteiger partial charge in [0.2, 0.25) is 0 Å². The lowest BCUT2D eigenvalue weighted by molar-refractivity contribution is -0.150. The van der Waals surface area contributed by atoms with Crippen LogP contribution in [-0.2, 0) is 19.1 Å². The van der Waals surface area contributed by atoms with Crippen LogP contribution in [0.2, 0.25) is 0 Å². The fraction of sp³-hybridized carbons (Fsp3) is 0.346. The number of nitrogens with zero attached hydrogens (tertiary/aromatic N) is 1. The summed E-state index contributed by atoms with van der Waals surface area (Å²) in [5.41, 5.74) is 0.523. The van der Waals surface area contributed by atoms with Gasteiger partial charge in [-0.1, -0.05) is 55.3 Å². The van der Waals surface area contributed by atoms with Gasteiger partial charge in [-0.15, -0.1) is 0 Å². The Labute approximate surface area is 208 Å². The third-order valence-corrected chi connectivity index (χ3v) is 6.45. The van der Waals surface area contributed by atoms with Gasteiger partial charge in [0.1, 0.15) is 12.1 Å². The van der Waals surface area contributed by atoms with Crippen LogP contribution >= 0.6 is 0 Å². The number of hydrogen-bond acceptors (Lipinski definition) is 6. The normalized spacial score (nSPS) is 17.0. The quantitative estimate of drug-likeness (QED) is 0.383. The molecule has 1 saturated heterocycles. The monoisotopic (exact) mass is 492 g/mol. The third kappa shape index (κ3) is 5.37. The van der Waals surface area contributed by atoms with Crippen molar-refractivity contribution in [1.29, 1.82) is 0 Å². The van der Waals surface area contributed by atoms with E-state index in [1.807, 2.05) is 37.3 Å². The van der Waals surface area contributed by atoms with E-state index in [0.29, 0.717) is 12.8 Å². The molecule has 0 aromatic heterocycles. The van der Waals surface area contributed by atoms with Crippen molar-refractivity contribution in [2.75, 3.05) is 18.5 Å². The number of amides is 5. The standard InChI is InChI=1S/C26H28N4O6/c1-17(18-9-3-2-4-10-18)27-23(33)19-11-5-6-12-20(19)28-21(31)16-36-22(32)15-30-24(34)26(29-25(30)35)13-7-8-14-26/h2-6,9-12,17H,7-8,13-16H2,1H3,(H,27,33)(H,28,31)(H,29,35)/t17-/m0/s1. The molecule has 0 bridgehead atoms. The molecule has 1 spiro atoms. The molecule has 1 aliphatic carbocycles. The average Bonchev–Trinajstić information content (AvgIpc) is 3.43. The van der Waals surface area contributed by atoms with E-state index in [0.717, 1.165) is 23.3 Å². The second-order valence-electron chi connectivity index (χ2n) is 8.97. The minimum atomic E-state index is -0.920. The summed E-state index contributed by atoms with van der Waals surface area (Å²) < 4.78 is 4.98. The minimum Gasteiger partial charge on any atom is -0.454 e. The van der Waals surface area contributed by atoms with Crippen molar-refractivity contribution in [3.8, 4) is 0 Å². The molecule has 0 unspecified atom stereocenters.